The molecule has 0 aromatic heterocycles. The van der Waals surface area contributed by atoms with Gasteiger partial charge in [-0.3, -0.25) is 4.79 Å². The molecule has 0 heterocycles. The summed E-state index contributed by atoms with van der Waals surface area (Å²) < 4.78 is 5.16. The third kappa shape index (κ3) is 6.10. The molecule has 0 N–H and O–H groups in total. The fourth-order valence-electron chi connectivity index (χ4n) is 0.941. The molecule has 0 aromatic carbocycles. The smallest absolute Gasteiger partial charge is 0.152 e. The summed E-state index contributed by atoms with van der Waals surface area (Å²) in [5, 5.41) is 0. The highest BCUT2D eigenvalue weighted by Crippen LogP contribution is 2.04. The Hall–Kier alpha value is -0.630. The Morgan fingerprint density at radius 1 is 1.58 bits per heavy atom. The molecule has 70 valence electrons. The first-order valence-corrected chi connectivity index (χ1v) is 4.42. The monoisotopic (exact) mass is 170 g/mol. The van der Waals surface area contributed by atoms with E-state index in [9.17, 15) is 4.79 Å². The highest BCUT2D eigenvalue weighted by Gasteiger charge is 2.00. The SMILES string of the molecule is CCCCC(C=CC(C)=O)OC. The molecule has 0 aromatic rings. The molecule has 0 bridgehead atoms. The average Bonchev–Trinajstić information content (AvgIpc) is 2.05. The molecule has 0 aliphatic rings. The quantitative estimate of drug-likeness (QED) is 0.572. The van der Waals surface area contributed by atoms with Gasteiger partial charge in [-0.25, -0.2) is 0 Å². The van der Waals surface area contributed by atoms with Gasteiger partial charge in [0.25, 0.3) is 0 Å². The number of allylic oxidation sites excluding steroid dienone is 1. The molecule has 12 heavy (non-hydrogen) atoms. The molecule has 0 saturated heterocycles. The summed E-state index contributed by atoms with van der Waals surface area (Å²) in [6.07, 6.45) is 6.81. The van der Waals surface area contributed by atoms with Gasteiger partial charge in [-0.2, -0.15) is 0 Å². The van der Waals surface area contributed by atoms with Crippen LogP contribution in [0.1, 0.15) is 33.1 Å². The van der Waals surface area contributed by atoms with Crippen LogP contribution in [0.5, 0.6) is 0 Å². The minimum absolute atomic E-state index is 0.0774. The lowest BCUT2D eigenvalue weighted by Gasteiger charge is -2.08. The molecule has 2 heteroatoms. The topological polar surface area (TPSA) is 26.3 Å². The number of hydrogen-bond acceptors (Lipinski definition) is 2. The van der Waals surface area contributed by atoms with Crippen molar-refractivity contribution in [1.82, 2.24) is 0 Å². The molecule has 0 amide bonds. The van der Waals surface area contributed by atoms with Crippen molar-refractivity contribution in [2.45, 2.75) is 39.2 Å². The maximum atomic E-state index is 10.6. The zero-order valence-corrected chi connectivity index (χ0v) is 8.17. The first-order chi connectivity index (χ1) is 5.70. The van der Waals surface area contributed by atoms with E-state index < -0.39 is 0 Å². The van der Waals surface area contributed by atoms with E-state index in [-0.39, 0.29) is 11.9 Å². The van der Waals surface area contributed by atoms with Crippen LogP contribution in [0, 0.1) is 0 Å². The number of ketones is 1. The number of ether oxygens (including phenoxy) is 1. The normalized spacial score (nSPS) is 13.6. The lowest BCUT2D eigenvalue weighted by Crippen LogP contribution is -2.06. The van der Waals surface area contributed by atoms with E-state index in [1.54, 1.807) is 20.1 Å². The molecule has 0 fully saturated rings. The Balaban J connectivity index is 3.73. The van der Waals surface area contributed by atoms with Crippen molar-refractivity contribution in [2.75, 3.05) is 7.11 Å². The maximum Gasteiger partial charge on any atom is 0.152 e. The van der Waals surface area contributed by atoms with Crippen molar-refractivity contribution in [3.8, 4) is 0 Å². The molecule has 0 spiro atoms. The van der Waals surface area contributed by atoms with Crippen LogP contribution in [-0.4, -0.2) is 19.0 Å². The van der Waals surface area contributed by atoms with E-state index in [4.69, 9.17) is 4.74 Å². The van der Waals surface area contributed by atoms with Gasteiger partial charge >= 0.3 is 0 Å². The van der Waals surface area contributed by atoms with E-state index in [0.29, 0.717) is 0 Å². The predicted octanol–water partition coefficient (Wildman–Crippen LogP) is 2.34. The summed E-state index contributed by atoms with van der Waals surface area (Å²) in [4.78, 5) is 10.6. The van der Waals surface area contributed by atoms with Gasteiger partial charge in [-0.1, -0.05) is 25.8 Å². The third-order valence-electron chi connectivity index (χ3n) is 1.69. The largest absolute Gasteiger partial charge is 0.377 e. The van der Waals surface area contributed by atoms with E-state index in [1.165, 1.54) is 0 Å². The van der Waals surface area contributed by atoms with Gasteiger partial charge in [0.15, 0.2) is 5.78 Å². The second-order valence-electron chi connectivity index (χ2n) is 2.89. The minimum Gasteiger partial charge on any atom is -0.377 e. The van der Waals surface area contributed by atoms with Crippen LogP contribution in [0.15, 0.2) is 12.2 Å². The molecular weight excluding hydrogens is 152 g/mol. The minimum atomic E-state index is 0.0774. The number of unbranched alkanes of at least 4 members (excludes halogenated alkanes) is 1. The number of hydrogen-bond donors (Lipinski definition) is 0. The van der Waals surface area contributed by atoms with Gasteiger partial charge in [0.1, 0.15) is 0 Å². The van der Waals surface area contributed by atoms with Crippen molar-refractivity contribution in [1.29, 1.82) is 0 Å². The van der Waals surface area contributed by atoms with Gasteiger partial charge in [0.05, 0.1) is 6.10 Å². The Morgan fingerprint density at radius 2 is 2.25 bits per heavy atom. The van der Waals surface area contributed by atoms with Crippen molar-refractivity contribution < 1.29 is 9.53 Å². The molecule has 0 aliphatic heterocycles. The van der Waals surface area contributed by atoms with Crippen LogP contribution < -0.4 is 0 Å². The first-order valence-electron chi connectivity index (χ1n) is 4.42. The molecule has 0 radical (unpaired) electrons. The van der Waals surface area contributed by atoms with Crippen molar-refractivity contribution >= 4 is 5.78 Å². The number of methoxy groups -OCH3 is 1. The van der Waals surface area contributed by atoms with Gasteiger partial charge in [0.2, 0.25) is 0 Å². The van der Waals surface area contributed by atoms with Crippen molar-refractivity contribution in [2.24, 2.45) is 0 Å². The summed E-state index contributed by atoms with van der Waals surface area (Å²) in [6, 6.07) is 0. The molecule has 0 saturated carbocycles. The second-order valence-corrected chi connectivity index (χ2v) is 2.89. The second kappa shape index (κ2) is 7.04. The Bertz CT molecular complexity index is 150. The van der Waals surface area contributed by atoms with Crippen molar-refractivity contribution in [3.63, 3.8) is 0 Å². The zero-order chi connectivity index (χ0) is 9.40. The maximum absolute atomic E-state index is 10.6. The summed E-state index contributed by atoms with van der Waals surface area (Å²) >= 11 is 0. The molecule has 1 unspecified atom stereocenters. The summed E-state index contributed by atoms with van der Waals surface area (Å²) in [5.74, 6) is 0.0774. The van der Waals surface area contributed by atoms with Crippen LogP contribution in [0.4, 0.5) is 0 Å². The zero-order valence-electron chi connectivity index (χ0n) is 8.17. The lowest BCUT2D eigenvalue weighted by molar-refractivity contribution is -0.112. The molecule has 1 atom stereocenters. The number of carbonyl (C=O) groups is 1. The number of rotatable bonds is 6. The van der Waals surface area contributed by atoms with Gasteiger partial charge in [-0.05, 0) is 19.4 Å². The summed E-state index contributed by atoms with van der Waals surface area (Å²) in [6.45, 7) is 3.68. The Labute approximate surface area is 74.6 Å². The van der Waals surface area contributed by atoms with Crippen LogP contribution >= 0.6 is 0 Å². The van der Waals surface area contributed by atoms with Gasteiger partial charge in [0, 0.05) is 7.11 Å². The highest BCUT2D eigenvalue weighted by atomic mass is 16.5. The lowest BCUT2D eigenvalue weighted by atomic mass is 10.1. The van der Waals surface area contributed by atoms with E-state index in [0.717, 1.165) is 19.3 Å². The van der Waals surface area contributed by atoms with Crippen LogP contribution in [0.3, 0.4) is 0 Å². The average molecular weight is 170 g/mol. The van der Waals surface area contributed by atoms with Crippen LogP contribution in [0.25, 0.3) is 0 Å². The van der Waals surface area contributed by atoms with Crippen LogP contribution in [0.2, 0.25) is 0 Å². The summed E-state index contributed by atoms with van der Waals surface area (Å²) in [5.41, 5.74) is 0. The van der Waals surface area contributed by atoms with E-state index in [1.807, 2.05) is 6.08 Å². The van der Waals surface area contributed by atoms with E-state index >= 15 is 0 Å². The Morgan fingerprint density at radius 3 is 2.67 bits per heavy atom. The number of carbonyl (C=O) groups excluding carboxylic acids is 1. The highest BCUT2D eigenvalue weighted by molar-refractivity contribution is 5.87. The molecule has 0 rings (SSSR count). The standard InChI is InChI=1S/C10H18O2/c1-4-5-6-10(12-3)8-7-9(2)11/h7-8,10H,4-6H2,1-3H3. The third-order valence-corrected chi connectivity index (χ3v) is 1.69. The summed E-state index contributed by atoms with van der Waals surface area (Å²) in [7, 11) is 1.67. The van der Waals surface area contributed by atoms with E-state index in [2.05, 4.69) is 6.92 Å². The van der Waals surface area contributed by atoms with Gasteiger partial charge in [-0.15, -0.1) is 0 Å². The van der Waals surface area contributed by atoms with Gasteiger partial charge < -0.3 is 4.74 Å². The van der Waals surface area contributed by atoms with Crippen LogP contribution in [-0.2, 0) is 9.53 Å². The molecule has 2 nitrogen and oxygen atoms in total. The first kappa shape index (κ1) is 11.4. The molecule has 0 aliphatic carbocycles. The molecular formula is C10H18O2. The fourth-order valence-corrected chi connectivity index (χ4v) is 0.941. The van der Waals surface area contributed by atoms with Crippen molar-refractivity contribution in [3.05, 3.63) is 12.2 Å². The predicted molar refractivity (Wildman–Crippen MR) is 50.1 cm³/mol. The Kier molecular flexibility index (Phi) is 6.67. The fraction of sp³-hybridized carbons (Fsp3) is 0.700.